The predicted molar refractivity (Wildman–Crippen MR) is 158 cm³/mol. The quantitative estimate of drug-likeness (QED) is 0.370. The molecule has 1 aromatic heterocycles. The Bertz CT molecular complexity index is 1450. The smallest absolute Gasteiger partial charge is 0.248 e. The maximum absolute atomic E-state index is 13.3. The Balaban J connectivity index is 1.32. The van der Waals surface area contributed by atoms with E-state index in [4.69, 9.17) is 16.3 Å². The van der Waals surface area contributed by atoms with Gasteiger partial charge in [-0.2, -0.15) is 5.10 Å². The second kappa shape index (κ2) is 10.8. The Hall–Kier alpha value is -2.88. The van der Waals surface area contributed by atoms with E-state index in [0.29, 0.717) is 18.2 Å². The first-order valence-electron chi connectivity index (χ1n) is 13.9. The van der Waals surface area contributed by atoms with E-state index in [1.165, 1.54) is 30.4 Å². The first kappa shape index (κ1) is 27.3. The van der Waals surface area contributed by atoms with E-state index in [9.17, 15) is 13.6 Å². The van der Waals surface area contributed by atoms with Crippen LogP contribution in [0.4, 0.5) is 11.4 Å². The molecule has 0 saturated heterocycles. The van der Waals surface area contributed by atoms with Crippen molar-refractivity contribution in [3.63, 3.8) is 0 Å². The number of aryl methyl sites for hydroxylation is 3. The van der Waals surface area contributed by atoms with Gasteiger partial charge in [-0.25, -0.2) is 4.21 Å². The first-order chi connectivity index (χ1) is 19.2. The van der Waals surface area contributed by atoms with Crippen LogP contribution in [0.3, 0.4) is 0 Å². The summed E-state index contributed by atoms with van der Waals surface area (Å²) in [5.41, 5.74) is 5.03. The molecule has 3 aliphatic rings. The zero-order valence-electron chi connectivity index (χ0n) is 22.9. The molecule has 1 amide bonds. The molecule has 0 radical (unpaired) electrons. The zero-order valence-corrected chi connectivity index (χ0v) is 24.4. The summed E-state index contributed by atoms with van der Waals surface area (Å²) < 4.78 is 30.3. The first-order valence-corrected chi connectivity index (χ1v) is 15.5. The molecule has 1 saturated carbocycles. The average molecular weight is 583 g/mol. The van der Waals surface area contributed by atoms with Crippen LogP contribution < -0.4 is 15.0 Å². The van der Waals surface area contributed by atoms with E-state index in [2.05, 4.69) is 27.4 Å². The highest BCUT2D eigenvalue weighted by Crippen LogP contribution is 2.46. The molecule has 1 spiro atoms. The van der Waals surface area contributed by atoms with Crippen LogP contribution in [-0.4, -0.2) is 44.1 Å². The highest BCUT2D eigenvalue weighted by molar-refractivity contribution is 7.80. The summed E-state index contributed by atoms with van der Waals surface area (Å²) in [6.45, 7) is 4.15. The molecule has 3 atom stereocenters. The molecule has 2 N–H and O–H groups in total. The van der Waals surface area contributed by atoms with E-state index < -0.39 is 22.2 Å². The molecule has 1 fully saturated rings. The van der Waals surface area contributed by atoms with Gasteiger partial charge in [0.05, 0.1) is 18.0 Å². The summed E-state index contributed by atoms with van der Waals surface area (Å²) in [5, 5.41) is 6.62. The lowest BCUT2D eigenvalue weighted by molar-refractivity contribution is -0.116. The lowest BCUT2D eigenvalue weighted by atomic mass is 9.70. The highest BCUT2D eigenvalue weighted by Gasteiger charge is 2.42. The maximum atomic E-state index is 13.3. The number of nitrogens with one attached hydrogen (secondary N) is 1. The van der Waals surface area contributed by atoms with E-state index in [0.717, 1.165) is 54.5 Å². The number of ether oxygens (including phenoxy) is 1. The van der Waals surface area contributed by atoms with Crippen molar-refractivity contribution < 1.29 is 18.3 Å². The molecule has 212 valence electrons. The van der Waals surface area contributed by atoms with E-state index >= 15 is 0 Å². The van der Waals surface area contributed by atoms with Crippen LogP contribution >= 0.6 is 11.6 Å². The van der Waals surface area contributed by atoms with Crippen molar-refractivity contribution >= 4 is 40.0 Å². The molecule has 2 aromatic carbocycles. The number of rotatable bonds is 6. The van der Waals surface area contributed by atoms with Gasteiger partial charge in [-0.1, -0.05) is 24.1 Å². The van der Waals surface area contributed by atoms with Crippen LogP contribution in [0.1, 0.15) is 59.9 Å². The zero-order chi connectivity index (χ0) is 28.0. The molecule has 6 rings (SSSR count). The molecule has 1 aliphatic heterocycles. The van der Waals surface area contributed by atoms with Crippen molar-refractivity contribution in [2.45, 2.75) is 56.1 Å². The minimum atomic E-state index is -2.43. The maximum Gasteiger partial charge on any atom is 0.248 e. The summed E-state index contributed by atoms with van der Waals surface area (Å²) in [4.78, 5) is 15.7. The van der Waals surface area contributed by atoms with Gasteiger partial charge in [0, 0.05) is 42.0 Å². The third-order valence-corrected chi connectivity index (χ3v) is 9.94. The Morgan fingerprint density at radius 2 is 2.08 bits per heavy atom. The number of benzene rings is 2. The van der Waals surface area contributed by atoms with Gasteiger partial charge in [0.1, 0.15) is 5.75 Å². The largest absolute Gasteiger partial charge is 0.490 e. The number of aromatic nitrogens is 2. The van der Waals surface area contributed by atoms with Crippen molar-refractivity contribution in [2.75, 3.05) is 29.9 Å². The normalized spacial score (nSPS) is 21.9. The van der Waals surface area contributed by atoms with Gasteiger partial charge in [0.2, 0.25) is 5.91 Å². The van der Waals surface area contributed by atoms with Crippen molar-refractivity contribution in [2.24, 2.45) is 13.0 Å². The molecule has 2 heterocycles. The third-order valence-electron chi connectivity index (χ3n) is 8.85. The fourth-order valence-electron chi connectivity index (χ4n) is 6.43. The fourth-order valence-corrected chi connectivity index (χ4v) is 7.19. The standard InChI is InChI=1S/C30H35ClN4O4S/c1-19-13-25(33-34(19)2)28(40(37)38)29(36)32-23-9-11-27-26(15-23)35(16-20-5-3-6-20)17-30(18-39-27)12-4-7-21-14-22(31)8-10-24(21)30/h8-11,13-15,20,28H,3-7,12,16-18H2,1-2H3,(H,32,36)(H,37,38)/t28?,30-/m0/s1. The summed E-state index contributed by atoms with van der Waals surface area (Å²) in [5.74, 6) is 0.842. The topological polar surface area (TPSA) is 96.7 Å². The SMILES string of the molecule is Cc1cc(C(C(=O)Nc2ccc3c(c2)N(CC2CCC2)C[C@@]2(CCCc4cc(Cl)ccc42)CO3)S(=O)O)nn1C. The average Bonchev–Trinajstić information content (AvgIpc) is 3.12. The number of carbonyl (C=O) groups excluding carboxylic acids is 1. The molecular formula is C30H35ClN4O4S. The van der Waals surface area contributed by atoms with Crippen molar-refractivity contribution in [3.05, 3.63) is 70.0 Å². The minimum Gasteiger partial charge on any atom is -0.490 e. The van der Waals surface area contributed by atoms with E-state index in [1.807, 2.05) is 25.1 Å². The molecule has 8 nitrogen and oxygen atoms in total. The second-order valence-electron chi connectivity index (χ2n) is 11.6. The van der Waals surface area contributed by atoms with Gasteiger partial charge in [-0.15, -0.1) is 0 Å². The second-order valence-corrected chi connectivity index (χ2v) is 13.0. The van der Waals surface area contributed by atoms with Crippen molar-refractivity contribution in [1.29, 1.82) is 0 Å². The summed E-state index contributed by atoms with van der Waals surface area (Å²) in [6.07, 6.45) is 6.83. The van der Waals surface area contributed by atoms with Crippen LogP contribution in [0.2, 0.25) is 5.02 Å². The highest BCUT2D eigenvalue weighted by atomic mass is 35.5. The van der Waals surface area contributed by atoms with Crippen LogP contribution in [0.5, 0.6) is 5.75 Å². The molecule has 0 bridgehead atoms. The van der Waals surface area contributed by atoms with Crippen LogP contribution in [0, 0.1) is 12.8 Å². The minimum absolute atomic E-state index is 0.153. The number of amides is 1. The molecule has 2 aliphatic carbocycles. The van der Waals surface area contributed by atoms with Crippen LogP contribution in [0.25, 0.3) is 0 Å². The number of halogens is 1. The van der Waals surface area contributed by atoms with Gasteiger partial charge in [0.15, 0.2) is 16.3 Å². The Kier molecular flexibility index (Phi) is 7.39. The van der Waals surface area contributed by atoms with Crippen LogP contribution in [0.15, 0.2) is 42.5 Å². The summed E-state index contributed by atoms with van der Waals surface area (Å²) in [7, 11) is 1.74. The number of nitrogens with zero attached hydrogens (tertiary/aromatic N) is 3. The van der Waals surface area contributed by atoms with Gasteiger partial charge in [0.25, 0.3) is 0 Å². The lowest BCUT2D eigenvalue weighted by Crippen LogP contribution is -2.47. The number of hydrogen-bond acceptors (Lipinski definition) is 5. The Labute approximate surface area is 242 Å². The fraction of sp³-hybridized carbons (Fsp3) is 0.467. The molecule has 40 heavy (non-hydrogen) atoms. The van der Waals surface area contributed by atoms with Gasteiger partial charge < -0.3 is 19.5 Å². The van der Waals surface area contributed by atoms with Gasteiger partial charge in [-0.05, 0) is 92.5 Å². The molecular weight excluding hydrogens is 548 g/mol. The molecule has 10 heteroatoms. The van der Waals surface area contributed by atoms with Crippen molar-refractivity contribution in [1.82, 2.24) is 9.78 Å². The lowest BCUT2D eigenvalue weighted by Gasteiger charge is -2.42. The van der Waals surface area contributed by atoms with Gasteiger partial charge in [-0.3, -0.25) is 9.48 Å². The van der Waals surface area contributed by atoms with Gasteiger partial charge >= 0.3 is 0 Å². The molecule has 2 unspecified atom stereocenters. The van der Waals surface area contributed by atoms with E-state index in [-0.39, 0.29) is 11.1 Å². The Morgan fingerprint density at radius 1 is 1.25 bits per heavy atom. The number of hydrogen-bond donors (Lipinski definition) is 2. The number of carbonyl (C=O) groups is 1. The molecule has 3 aromatic rings. The van der Waals surface area contributed by atoms with Crippen molar-refractivity contribution in [3.8, 4) is 5.75 Å². The van der Waals surface area contributed by atoms with Crippen LogP contribution in [-0.2, 0) is 34.8 Å². The predicted octanol–water partition coefficient (Wildman–Crippen LogP) is 5.56. The number of anilines is 2. The number of fused-ring (bicyclic) bond motifs is 3. The summed E-state index contributed by atoms with van der Waals surface area (Å²) >= 11 is 3.94. The Morgan fingerprint density at radius 3 is 2.77 bits per heavy atom. The summed E-state index contributed by atoms with van der Waals surface area (Å²) in [6, 6.07) is 13.6. The third kappa shape index (κ3) is 5.15. The van der Waals surface area contributed by atoms with E-state index in [1.54, 1.807) is 23.9 Å². The monoisotopic (exact) mass is 582 g/mol.